The zero-order chi connectivity index (χ0) is 27.1. The molecule has 0 unspecified atom stereocenters. The maximum absolute atomic E-state index is 13.4. The molecule has 0 fully saturated rings. The van der Waals surface area contributed by atoms with Gasteiger partial charge < -0.3 is 19.9 Å². The Bertz CT molecular complexity index is 1650. The standard InChI is InChI=1S/C29H31N7O3/c1-4-11-34-24-15-22(8-9-25(24)39-18-26(34)37)36-27-23(28(38)35(36)12-5-2)16-30-29(32-27)31-21-7-6-19-10-13-33(3)17-20(19)14-21/h5-9,14-16H,2,4,10-13,17-18H2,1,3H3,(H,30,31,32). The van der Waals surface area contributed by atoms with Gasteiger partial charge in [0.05, 0.1) is 17.9 Å². The molecule has 6 rings (SSSR count). The van der Waals surface area contributed by atoms with E-state index in [1.807, 2.05) is 31.2 Å². The lowest BCUT2D eigenvalue weighted by Gasteiger charge is -2.29. The first kappa shape index (κ1) is 24.9. The molecule has 10 heteroatoms. The minimum atomic E-state index is -0.219. The molecule has 10 nitrogen and oxygen atoms in total. The van der Waals surface area contributed by atoms with E-state index < -0.39 is 0 Å². The Labute approximate surface area is 226 Å². The van der Waals surface area contributed by atoms with Crippen molar-refractivity contribution in [3.8, 4) is 11.4 Å². The number of amides is 1. The Hall–Kier alpha value is -4.44. The maximum atomic E-state index is 13.4. The lowest BCUT2D eigenvalue weighted by molar-refractivity contribution is -0.121. The normalized spacial score (nSPS) is 15.1. The third-order valence-electron chi connectivity index (χ3n) is 7.22. The van der Waals surface area contributed by atoms with E-state index in [0.717, 1.165) is 31.6 Å². The number of carbonyl (C=O) groups is 1. The Morgan fingerprint density at radius 2 is 2.03 bits per heavy atom. The van der Waals surface area contributed by atoms with E-state index in [1.165, 1.54) is 11.1 Å². The number of fused-ring (bicyclic) bond motifs is 3. The molecule has 0 spiro atoms. The first-order chi connectivity index (χ1) is 19.0. The molecule has 4 heterocycles. The summed E-state index contributed by atoms with van der Waals surface area (Å²) < 4.78 is 9.01. The molecule has 0 aliphatic carbocycles. The molecule has 39 heavy (non-hydrogen) atoms. The largest absolute Gasteiger partial charge is 0.482 e. The van der Waals surface area contributed by atoms with Crippen LogP contribution in [-0.4, -0.2) is 56.9 Å². The molecular formula is C29H31N7O3. The van der Waals surface area contributed by atoms with Crippen LogP contribution in [-0.2, 0) is 24.3 Å². The van der Waals surface area contributed by atoms with Gasteiger partial charge in [-0.15, -0.1) is 6.58 Å². The SMILES string of the molecule is C=CCn1c(=O)c2cnc(Nc3ccc4c(c3)CN(C)CC4)nc2n1-c1ccc2c(c1)N(CCC)C(=O)CO2. The smallest absolute Gasteiger partial charge is 0.278 e. The number of rotatable bonds is 7. The van der Waals surface area contributed by atoms with Crippen LogP contribution in [0, 0.1) is 0 Å². The van der Waals surface area contributed by atoms with Crippen LogP contribution in [0.4, 0.5) is 17.3 Å². The summed E-state index contributed by atoms with van der Waals surface area (Å²) in [6.07, 6.45) is 5.07. The van der Waals surface area contributed by atoms with Gasteiger partial charge in [-0.1, -0.05) is 19.1 Å². The molecule has 0 radical (unpaired) electrons. The summed E-state index contributed by atoms with van der Waals surface area (Å²) in [6.45, 7) is 8.69. The van der Waals surface area contributed by atoms with Crippen molar-refractivity contribution < 1.29 is 9.53 Å². The second-order valence-corrected chi connectivity index (χ2v) is 10.0. The summed E-state index contributed by atoms with van der Waals surface area (Å²) in [6, 6.07) is 11.9. The van der Waals surface area contributed by atoms with Crippen molar-refractivity contribution in [1.82, 2.24) is 24.2 Å². The van der Waals surface area contributed by atoms with Crippen LogP contribution in [0.3, 0.4) is 0 Å². The van der Waals surface area contributed by atoms with Crippen LogP contribution in [0.2, 0.25) is 0 Å². The van der Waals surface area contributed by atoms with Gasteiger partial charge in [0, 0.05) is 31.5 Å². The highest BCUT2D eigenvalue weighted by molar-refractivity contribution is 5.98. The van der Waals surface area contributed by atoms with Crippen LogP contribution in [0.25, 0.3) is 16.7 Å². The molecule has 1 N–H and O–H groups in total. The third-order valence-corrected chi connectivity index (χ3v) is 7.22. The highest BCUT2D eigenvalue weighted by atomic mass is 16.5. The van der Waals surface area contributed by atoms with Gasteiger partial charge >= 0.3 is 0 Å². The predicted molar refractivity (Wildman–Crippen MR) is 151 cm³/mol. The minimum Gasteiger partial charge on any atom is -0.482 e. The molecule has 2 aromatic heterocycles. The van der Waals surface area contributed by atoms with Crippen molar-refractivity contribution in [2.45, 2.75) is 32.9 Å². The van der Waals surface area contributed by atoms with Crippen molar-refractivity contribution in [1.29, 1.82) is 0 Å². The second kappa shape index (κ2) is 10.0. The zero-order valence-electron chi connectivity index (χ0n) is 22.2. The van der Waals surface area contributed by atoms with Crippen molar-refractivity contribution in [3.63, 3.8) is 0 Å². The summed E-state index contributed by atoms with van der Waals surface area (Å²) in [5, 5.41) is 3.71. The first-order valence-corrected chi connectivity index (χ1v) is 13.2. The Morgan fingerprint density at radius 3 is 2.85 bits per heavy atom. The fourth-order valence-corrected chi connectivity index (χ4v) is 5.33. The van der Waals surface area contributed by atoms with Crippen LogP contribution in [0.1, 0.15) is 24.5 Å². The van der Waals surface area contributed by atoms with Gasteiger partial charge in [0.15, 0.2) is 12.3 Å². The molecule has 2 aromatic carbocycles. The number of ether oxygens (including phenoxy) is 1. The number of likely N-dealkylation sites (N-methyl/N-ethyl adjacent to an activating group) is 1. The van der Waals surface area contributed by atoms with Gasteiger partial charge in [0.1, 0.15) is 11.1 Å². The Balaban J connectivity index is 1.44. The monoisotopic (exact) mass is 525 g/mol. The van der Waals surface area contributed by atoms with E-state index in [1.54, 1.807) is 26.5 Å². The number of nitrogens with zero attached hydrogens (tertiary/aromatic N) is 6. The zero-order valence-corrected chi connectivity index (χ0v) is 22.2. The summed E-state index contributed by atoms with van der Waals surface area (Å²) in [5.74, 6) is 0.934. The summed E-state index contributed by atoms with van der Waals surface area (Å²) >= 11 is 0. The number of anilines is 3. The Morgan fingerprint density at radius 1 is 1.15 bits per heavy atom. The van der Waals surface area contributed by atoms with Crippen molar-refractivity contribution in [3.05, 3.63) is 76.7 Å². The molecule has 2 aliphatic rings. The fourth-order valence-electron chi connectivity index (χ4n) is 5.33. The fraction of sp³-hybridized carbons (Fsp3) is 0.310. The van der Waals surface area contributed by atoms with Crippen LogP contribution in [0.15, 0.2) is 60.0 Å². The average Bonchev–Trinajstić information content (AvgIpc) is 3.20. The summed E-state index contributed by atoms with van der Waals surface area (Å²) in [5.41, 5.74) is 5.14. The van der Waals surface area contributed by atoms with Crippen molar-refractivity contribution in [2.75, 3.05) is 37.0 Å². The van der Waals surface area contributed by atoms with Gasteiger partial charge in [0.2, 0.25) is 5.95 Å². The second-order valence-electron chi connectivity index (χ2n) is 10.0. The number of aromatic nitrogens is 4. The van der Waals surface area contributed by atoms with Crippen molar-refractivity contribution in [2.24, 2.45) is 0 Å². The van der Waals surface area contributed by atoms with Gasteiger partial charge in [-0.25, -0.2) is 14.3 Å². The van der Waals surface area contributed by atoms with E-state index in [9.17, 15) is 9.59 Å². The summed E-state index contributed by atoms with van der Waals surface area (Å²) in [4.78, 5) is 39.3. The lowest BCUT2D eigenvalue weighted by Crippen LogP contribution is -2.39. The molecule has 0 saturated carbocycles. The quantitative estimate of drug-likeness (QED) is 0.368. The molecule has 200 valence electrons. The lowest BCUT2D eigenvalue weighted by atomic mass is 9.99. The average molecular weight is 526 g/mol. The molecule has 2 aliphatic heterocycles. The van der Waals surface area contributed by atoms with Gasteiger partial charge in [-0.3, -0.25) is 9.59 Å². The van der Waals surface area contributed by atoms with E-state index >= 15 is 0 Å². The molecule has 4 aromatic rings. The molecule has 0 atom stereocenters. The highest BCUT2D eigenvalue weighted by Gasteiger charge is 2.26. The number of nitrogens with one attached hydrogen (secondary N) is 1. The number of allylic oxidation sites excluding steroid dienone is 1. The Kier molecular flexibility index (Phi) is 6.40. The van der Waals surface area contributed by atoms with Gasteiger partial charge in [-0.05, 0) is 61.3 Å². The van der Waals surface area contributed by atoms with Crippen LogP contribution >= 0.6 is 0 Å². The number of hydrogen-bond acceptors (Lipinski definition) is 7. The van der Waals surface area contributed by atoms with E-state index in [4.69, 9.17) is 9.72 Å². The number of hydrogen-bond donors (Lipinski definition) is 1. The molecule has 1 amide bonds. The highest BCUT2D eigenvalue weighted by Crippen LogP contribution is 2.35. The number of benzene rings is 2. The number of carbonyl (C=O) groups excluding carboxylic acids is 1. The van der Waals surface area contributed by atoms with Crippen molar-refractivity contribution >= 4 is 34.3 Å². The molecule has 0 saturated heterocycles. The van der Waals surface area contributed by atoms with E-state index in [0.29, 0.717) is 40.7 Å². The van der Waals surface area contributed by atoms with Gasteiger partial charge in [-0.2, -0.15) is 4.98 Å². The van der Waals surface area contributed by atoms with Gasteiger partial charge in [0.25, 0.3) is 11.5 Å². The predicted octanol–water partition coefficient (Wildman–Crippen LogP) is 3.64. The minimum absolute atomic E-state index is 0.0151. The van der Waals surface area contributed by atoms with E-state index in [2.05, 4.69) is 41.0 Å². The van der Waals surface area contributed by atoms with Crippen LogP contribution < -0.4 is 20.5 Å². The summed E-state index contributed by atoms with van der Waals surface area (Å²) in [7, 11) is 2.12. The van der Waals surface area contributed by atoms with Crippen LogP contribution in [0.5, 0.6) is 5.75 Å². The topological polar surface area (TPSA) is 97.5 Å². The van der Waals surface area contributed by atoms with E-state index in [-0.39, 0.29) is 24.6 Å². The first-order valence-electron chi connectivity index (χ1n) is 13.2. The molecular weight excluding hydrogens is 494 g/mol. The molecule has 0 bridgehead atoms. The maximum Gasteiger partial charge on any atom is 0.278 e. The third kappa shape index (κ3) is 4.46.